The number of nitrogens with one attached hydrogen (secondary N) is 1. The summed E-state index contributed by atoms with van der Waals surface area (Å²) in [5.41, 5.74) is 2.34. The lowest BCUT2D eigenvalue weighted by atomic mass is 9.78. The van der Waals surface area contributed by atoms with E-state index in [0.717, 1.165) is 30.3 Å². The lowest BCUT2D eigenvalue weighted by molar-refractivity contribution is -0.135. The molecule has 1 aliphatic heterocycles. The summed E-state index contributed by atoms with van der Waals surface area (Å²) >= 11 is 0. The number of fused-ring (bicyclic) bond motifs is 1. The fourth-order valence-corrected chi connectivity index (χ4v) is 4.85. The Kier molecular flexibility index (Phi) is 6.55. The van der Waals surface area contributed by atoms with E-state index in [4.69, 9.17) is 9.84 Å². The normalized spacial score (nSPS) is 22.8. The van der Waals surface area contributed by atoms with Crippen molar-refractivity contribution in [3.8, 4) is 0 Å². The minimum Gasteiger partial charge on any atom is -0.465 e. The summed E-state index contributed by atoms with van der Waals surface area (Å²) in [6.07, 6.45) is 3.10. The van der Waals surface area contributed by atoms with Crippen LogP contribution in [0.4, 0.5) is 4.79 Å². The SMILES string of the molecule is CN(CCCOC1CC(Cc2cccc3c2n(C)c(=O)n3C2CCC(=O)NC2=O)C1)C(=O)O. The number of carbonyl (C=O) groups excluding carboxylic acids is 2. The second kappa shape index (κ2) is 9.38. The molecule has 1 saturated heterocycles. The van der Waals surface area contributed by atoms with Gasteiger partial charge in [0.25, 0.3) is 0 Å². The number of piperidine rings is 1. The summed E-state index contributed by atoms with van der Waals surface area (Å²) in [6, 6.07) is 5.10. The van der Waals surface area contributed by atoms with E-state index in [9.17, 15) is 19.2 Å². The van der Waals surface area contributed by atoms with Crippen LogP contribution in [-0.4, -0.2) is 63.4 Å². The molecule has 33 heavy (non-hydrogen) atoms. The Hall–Kier alpha value is -3.14. The Balaban J connectivity index is 1.40. The molecule has 0 bridgehead atoms. The van der Waals surface area contributed by atoms with Crippen molar-refractivity contribution in [2.75, 3.05) is 20.2 Å². The average molecular weight is 459 g/mol. The third-order valence-corrected chi connectivity index (χ3v) is 6.73. The minimum atomic E-state index is -0.936. The van der Waals surface area contributed by atoms with Gasteiger partial charge in [-0.05, 0) is 49.7 Å². The summed E-state index contributed by atoms with van der Waals surface area (Å²) in [6.45, 7) is 0.986. The van der Waals surface area contributed by atoms with Gasteiger partial charge < -0.3 is 14.7 Å². The molecule has 1 aliphatic carbocycles. The van der Waals surface area contributed by atoms with E-state index in [2.05, 4.69) is 5.32 Å². The maximum atomic E-state index is 13.0. The average Bonchev–Trinajstić information content (AvgIpc) is 3.00. The lowest BCUT2D eigenvalue weighted by Gasteiger charge is -2.35. The number of amides is 3. The smallest absolute Gasteiger partial charge is 0.407 e. The first-order valence-corrected chi connectivity index (χ1v) is 11.3. The van der Waals surface area contributed by atoms with Gasteiger partial charge in [-0.1, -0.05) is 12.1 Å². The van der Waals surface area contributed by atoms with Gasteiger partial charge in [0.15, 0.2) is 0 Å². The van der Waals surface area contributed by atoms with E-state index in [1.54, 1.807) is 18.7 Å². The van der Waals surface area contributed by atoms with Crippen molar-refractivity contribution in [1.82, 2.24) is 19.4 Å². The molecule has 1 atom stereocenters. The van der Waals surface area contributed by atoms with Crippen molar-refractivity contribution in [3.63, 3.8) is 0 Å². The van der Waals surface area contributed by atoms with Crippen LogP contribution < -0.4 is 11.0 Å². The van der Waals surface area contributed by atoms with Crippen LogP contribution in [0.25, 0.3) is 11.0 Å². The van der Waals surface area contributed by atoms with Crippen molar-refractivity contribution in [1.29, 1.82) is 0 Å². The van der Waals surface area contributed by atoms with Crippen molar-refractivity contribution >= 4 is 28.9 Å². The van der Waals surface area contributed by atoms with Gasteiger partial charge in [0.05, 0.1) is 17.1 Å². The second-order valence-electron chi connectivity index (χ2n) is 9.06. The maximum absolute atomic E-state index is 13.0. The van der Waals surface area contributed by atoms with Crippen LogP contribution in [0.1, 0.15) is 43.7 Å². The Morgan fingerprint density at radius 3 is 2.73 bits per heavy atom. The zero-order valence-corrected chi connectivity index (χ0v) is 19.0. The molecule has 2 N–H and O–H groups in total. The molecule has 3 amide bonds. The van der Waals surface area contributed by atoms with Gasteiger partial charge in [-0.3, -0.25) is 24.0 Å². The number of hydrogen-bond donors (Lipinski definition) is 2. The zero-order valence-electron chi connectivity index (χ0n) is 19.0. The molecule has 10 heteroatoms. The molecule has 0 radical (unpaired) electrons. The van der Waals surface area contributed by atoms with Crippen molar-refractivity contribution < 1.29 is 24.2 Å². The summed E-state index contributed by atoms with van der Waals surface area (Å²) in [7, 11) is 3.26. The van der Waals surface area contributed by atoms with Gasteiger partial charge in [0.1, 0.15) is 6.04 Å². The number of para-hydroxylation sites is 1. The largest absolute Gasteiger partial charge is 0.465 e. The summed E-state index contributed by atoms with van der Waals surface area (Å²) < 4.78 is 8.97. The molecule has 2 aliphatic rings. The van der Waals surface area contributed by atoms with Gasteiger partial charge >= 0.3 is 11.8 Å². The van der Waals surface area contributed by atoms with Crippen LogP contribution in [-0.2, 0) is 27.8 Å². The standard InChI is InChI=1S/C23H30N4O6/c1-25(23(31)32)9-4-10-33-16-12-14(13-16)11-15-5-3-6-17-20(15)26(2)22(30)27(17)18-7-8-19(28)24-21(18)29/h3,5-6,14,16,18H,4,7-13H2,1-2H3,(H,31,32)(H,24,28,29). The third-order valence-electron chi connectivity index (χ3n) is 6.73. The Labute approximate surface area is 191 Å². The predicted octanol–water partition coefficient (Wildman–Crippen LogP) is 1.66. The highest BCUT2D eigenvalue weighted by atomic mass is 16.5. The minimum absolute atomic E-state index is 0.182. The van der Waals surface area contributed by atoms with Gasteiger partial charge in [-0.15, -0.1) is 0 Å². The number of ether oxygens (including phenoxy) is 1. The molecule has 178 valence electrons. The van der Waals surface area contributed by atoms with Gasteiger partial charge in [0, 0.05) is 33.7 Å². The fraction of sp³-hybridized carbons (Fsp3) is 0.565. The molecule has 1 saturated carbocycles. The molecule has 0 spiro atoms. The Morgan fingerprint density at radius 2 is 2.03 bits per heavy atom. The fourth-order valence-electron chi connectivity index (χ4n) is 4.85. The summed E-state index contributed by atoms with van der Waals surface area (Å²) in [5, 5.41) is 11.2. The summed E-state index contributed by atoms with van der Waals surface area (Å²) in [4.78, 5) is 49.0. The number of nitrogens with zero attached hydrogens (tertiary/aromatic N) is 3. The van der Waals surface area contributed by atoms with Gasteiger partial charge in [0.2, 0.25) is 11.8 Å². The van der Waals surface area contributed by atoms with Gasteiger partial charge in [-0.2, -0.15) is 0 Å². The molecule has 2 heterocycles. The first-order chi connectivity index (χ1) is 15.8. The van der Waals surface area contributed by atoms with E-state index in [1.165, 1.54) is 9.47 Å². The van der Waals surface area contributed by atoms with E-state index < -0.39 is 18.0 Å². The van der Waals surface area contributed by atoms with Crippen LogP contribution in [0.3, 0.4) is 0 Å². The number of aryl methyl sites for hydroxylation is 1. The number of aromatic nitrogens is 2. The molecule has 1 aromatic heterocycles. The molecule has 10 nitrogen and oxygen atoms in total. The number of carboxylic acid groups (broad SMARTS) is 1. The topological polar surface area (TPSA) is 123 Å². The highest BCUT2D eigenvalue weighted by molar-refractivity contribution is 6.00. The van der Waals surface area contributed by atoms with Crippen molar-refractivity contribution in [2.45, 2.75) is 50.7 Å². The molecule has 2 aromatic rings. The third kappa shape index (κ3) is 4.66. The van der Waals surface area contributed by atoms with Crippen LogP contribution in [0.15, 0.2) is 23.0 Å². The molecule has 2 fully saturated rings. The summed E-state index contributed by atoms with van der Waals surface area (Å²) in [5.74, 6) is -0.294. The Bertz CT molecular complexity index is 1130. The number of carbonyl (C=O) groups is 3. The monoisotopic (exact) mass is 458 g/mol. The quantitative estimate of drug-likeness (QED) is 0.458. The highest BCUT2D eigenvalue weighted by Gasteiger charge is 2.33. The Morgan fingerprint density at radius 1 is 1.27 bits per heavy atom. The number of hydrogen-bond acceptors (Lipinski definition) is 5. The van der Waals surface area contributed by atoms with Crippen LogP contribution in [0.2, 0.25) is 0 Å². The number of imidazole rings is 1. The predicted molar refractivity (Wildman–Crippen MR) is 120 cm³/mol. The molecule has 1 unspecified atom stereocenters. The number of imide groups is 1. The number of benzene rings is 1. The first kappa shape index (κ1) is 23.0. The lowest BCUT2D eigenvalue weighted by Crippen LogP contribution is -2.44. The highest BCUT2D eigenvalue weighted by Crippen LogP contribution is 2.35. The maximum Gasteiger partial charge on any atom is 0.407 e. The zero-order chi connectivity index (χ0) is 23.7. The first-order valence-electron chi connectivity index (χ1n) is 11.3. The molecule has 4 rings (SSSR count). The van der Waals surface area contributed by atoms with E-state index in [1.807, 2.05) is 18.2 Å². The van der Waals surface area contributed by atoms with Crippen LogP contribution >= 0.6 is 0 Å². The molecule has 1 aromatic carbocycles. The van der Waals surface area contributed by atoms with Crippen molar-refractivity contribution in [3.05, 3.63) is 34.2 Å². The van der Waals surface area contributed by atoms with Crippen LogP contribution in [0, 0.1) is 5.92 Å². The van der Waals surface area contributed by atoms with Gasteiger partial charge in [-0.25, -0.2) is 9.59 Å². The number of rotatable bonds is 8. The van der Waals surface area contributed by atoms with E-state index >= 15 is 0 Å². The van der Waals surface area contributed by atoms with Crippen molar-refractivity contribution in [2.24, 2.45) is 13.0 Å². The van der Waals surface area contributed by atoms with E-state index in [-0.39, 0.29) is 24.1 Å². The molecular weight excluding hydrogens is 428 g/mol. The molecular formula is C23H30N4O6. The second-order valence-corrected chi connectivity index (χ2v) is 9.06. The van der Waals surface area contributed by atoms with Crippen LogP contribution in [0.5, 0.6) is 0 Å². The van der Waals surface area contributed by atoms with E-state index in [0.29, 0.717) is 37.4 Å².